The summed E-state index contributed by atoms with van der Waals surface area (Å²) in [6.07, 6.45) is -4.56. The third kappa shape index (κ3) is 7.83. The lowest BCUT2D eigenvalue weighted by molar-refractivity contribution is -0.160. The summed E-state index contributed by atoms with van der Waals surface area (Å²) in [6.45, 7) is -3.26. The summed E-state index contributed by atoms with van der Waals surface area (Å²) in [7, 11) is -4.42. The predicted octanol–water partition coefficient (Wildman–Crippen LogP) is 3.78. The van der Waals surface area contributed by atoms with Crippen molar-refractivity contribution >= 4 is 15.7 Å². The molecule has 37 heavy (non-hydrogen) atoms. The van der Waals surface area contributed by atoms with Gasteiger partial charge in [0.05, 0.1) is 17.6 Å². The van der Waals surface area contributed by atoms with Crippen molar-refractivity contribution in [1.82, 2.24) is 10.6 Å². The van der Waals surface area contributed by atoms with Crippen molar-refractivity contribution in [1.29, 1.82) is 5.26 Å². The van der Waals surface area contributed by atoms with Gasteiger partial charge in [-0.3, -0.25) is 10.1 Å². The lowest BCUT2D eigenvalue weighted by atomic mass is 10.0. The van der Waals surface area contributed by atoms with Crippen molar-refractivity contribution < 1.29 is 44.3 Å². The average molecular weight is 549 g/mol. The number of hydrogen-bond acceptors (Lipinski definition) is 6. The van der Waals surface area contributed by atoms with Crippen LogP contribution in [0.3, 0.4) is 0 Å². The third-order valence-electron chi connectivity index (χ3n) is 5.53. The predicted molar refractivity (Wildman–Crippen MR) is 118 cm³/mol. The Balaban J connectivity index is 1.91. The largest absolute Gasteiger partial charge is 0.435 e. The summed E-state index contributed by atoms with van der Waals surface area (Å²) < 4.78 is 111. The molecule has 200 valence electrons. The molecule has 1 fully saturated rings. The van der Waals surface area contributed by atoms with Crippen LogP contribution in [0.15, 0.2) is 48.5 Å². The molecule has 14 heteroatoms. The number of alkyl halides is 5. The van der Waals surface area contributed by atoms with Crippen LogP contribution in [0.25, 0.3) is 0 Å². The fourth-order valence-electron chi connectivity index (χ4n) is 3.53. The Hall–Kier alpha value is -3.31. The summed E-state index contributed by atoms with van der Waals surface area (Å²) in [4.78, 5) is 12.9. The number of ether oxygens (including phenoxy) is 1. The molecule has 0 bridgehead atoms. The zero-order valence-corrected chi connectivity index (χ0v) is 19.8. The molecule has 0 spiro atoms. The van der Waals surface area contributed by atoms with Crippen LogP contribution in [0.5, 0.6) is 5.75 Å². The average Bonchev–Trinajstić information content (AvgIpc) is 3.57. The Labute approximate surface area is 208 Å². The van der Waals surface area contributed by atoms with E-state index in [0.717, 1.165) is 30.3 Å². The highest BCUT2D eigenvalue weighted by Crippen LogP contribution is 2.36. The van der Waals surface area contributed by atoms with Crippen LogP contribution in [-0.2, 0) is 20.4 Å². The molecule has 2 N–H and O–H groups in total. The topological polar surface area (TPSA) is 108 Å². The first-order chi connectivity index (χ1) is 17.2. The highest BCUT2D eigenvalue weighted by Gasteiger charge is 2.48. The molecule has 7 nitrogen and oxygen atoms in total. The number of hydrogen-bond donors (Lipinski definition) is 2. The molecule has 1 aliphatic rings. The van der Waals surface area contributed by atoms with Gasteiger partial charge in [0, 0.05) is 5.56 Å². The van der Waals surface area contributed by atoms with Gasteiger partial charge in [0.15, 0.2) is 9.84 Å². The van der Waals surface area contributed by atoms with E-state index in [0.29, 0.717) is 0 Å². The molecule has 2 unspecified atom stereocenters. The monoisotopic (exact) mass is 549 g/mol. The van der Waals surface area contributed by atoms with Crippen molar-refractivity contribution in [3.8, 4) is 11.8 Å². The number of benzene rings is 2. The Morgan fingerprint density at radius 3 is 2.27 bits per heavy atom. The molecule has 1 saturated carbocycles. The number of nitrogens with zero attached hydrogens (tertiary/aromatic N) is 1. The van der Waals surface area contributed by atoms with Gasteiger partial charge in [0.1, 0.15) is 29.2 Å². The Morgan fingerprint density at radius 2 is 1.73 bits per heavy atom. The number of halogens is 6. The molecule has 1 aliphatic carbocycles. The molecular formula is C23H21F6N3O4S. The van der Waals surface area contributed by atoms with Gasteiger partial charge in [0.25, 0.3) is 0 Å². The molecule has 0 aliphatic heterocycles. The molecular weight excluding hydrogens is 528 g/mol. The standard InChI is InChI=1S/C23H21F6N3O4S/c24-16-7-5-14(6-8-16)19(23(27,28)29)31-17(20(33)32-22(13-30)9-10-22)12-37(34,35)11-15-3-1-2-4-18(15)36-21(25)26/h1-8,17,19,21,31H,9-12H2,(H,32,33). The molecule has 2 aromatic carbocycles. The lowest BCUT2D eigenvalue weighted by Gasteiger charge is -2.28. The smallest absolute Gasteiger partial charge is 0.407 e. The van der Waals surface area contributed by atoms with E-state index < -0.39 is 74.8 Å². The van der Waals surface area contributed by atoms with E-state index >= 15 is 0 Å². The second kappa shape index (κ2) is 11.0. The van der Waals surface area contributed by atoms with Crippen molar-refractivity contribution in [2.24, 2.45) is 0 Å². The number of para-hydroxylation sites is 1. The maximum absolute atomic E-state index is 13.9. The fraction of sp³-hybridized carbons (Fsp3) is 0.391. The number of nitrogens with one attached hydrogen (secondary N) is 2. The van der Waals surface area contributed by atoms with Crippen LogP contribution < -0.4 is 15.4 Å². The number of sulfone groups is 1. The molecule has 3 rings (SSSR count). The molecule has 1 amide bonds. The number of carbonyl (C=O) groups excluding carboxylic acids is 1. The van der Waals surface area contributed by atoms with Gasteiger partial charge in [-0.25, -0.2) is 12.8 Å². The number of nitriles is 1. The zero-order valence-electron chi connectivity index (χ0n) is 18.9. The van der Waals surface area contributed by atoms with Crippen molar-refractivity contribution in [2.75, 3.05) is 5.75 Å². The van der Waals surface area contributed by atoms with E-state index in [4.69, 9.17) is 0 Å². The molecule has 0 heterocycles. The van der Waals surface area contributed by atoms with Gasteiger partial charge in [0.2, 0.25) is 5.91 Å². The first-order valence-corrected chi connectivity index (χ1v) is 12.6. The summed E-state index contributed by atoms with van der Waals surface area (Å²) in [6, 6.07) is 5.42. The van der Waals surface area contributed by atoms with E-state index in [1.165, 1.54) is 18.2 Å². The quantitative estimate of drug-likeness (QED) is 0.413. The van der Waals surface area contributed by atoms with Gasteiger partial charge in [-0.15, -0.1) is 0 Å². The van der Waals surface area contributed by atoms with Crippen LogP contribution in [0.4, 0.5) is 26.3 Å². The van der Waals surface area contributed by atoms with Gasteiger partial charge in [-0.2, -0.15) is 27.2 Å². The Morgan fingerprint density at radius 1 is 1.11 bits per heavy atom. The van der Waals surface area contributed by atoms with E-state index in [1.807, 2.05) is 11.4 Å². The highest BCUT2D eigenvalue weighted by atomic mass is 32.2. The van der Waals surface area contributed by atoms with Gasteiger partial charge < -0.3 is 10.1 Å². The Bertz CT molecular complexity index is 1260. The molecule has 2 aromatic rings. The Kier molecular flexibility index (Phi) is 8.38. The van der Waals surface area contributed by atoms with Gasteiger partial charge in [-0.05, 0) is 36.6 Å². The lowest BCUT2D eigenvalue weighted by Crippen LogP contribution is -2.54. The van der Waals surface area contributed by atoms with Gasteiger partial charge in [-0.1, -0.05) is 30.3 Å². The minimum absolute atomic E-state index is 0.191. The minimum Gasteiger partial charge on any atom is -0.435 e. The molecule has 0 aromatic heterocycles. The molecule has 0 radical (unpaired) electrons. The fourth-order valence-corrected chi connectivity index (χ4v) is 5.12. The van der Waals surface area contributed by atoms with Gasteiger partial charge >= 0.3 is 12.8 Å². The van der Waals surface area contributed by atoms with Crippen LogP contribution >= 0.6 is 0 Å². The van der Waals surface area contributed by atoms with Crippen molar-refractivity contribution in [3.63, 3.8) is 0 Å². The third-order valence-corrected chi connectivity index (χ3v) is 7.12. The molecule has 2 atom stereocenters. The summed E-state index contributed by atoms with van der Waals surface area (Å²) in [5.74, 6) is -4.52. The van der Waals surface area contributed by atoms with E-state index in [2.05, 4.69) is 10.1 Å². The number of rotatable bonds is 11. The maximum atomic E-state index is 13.9. The van der Waals surface area contributed by atoms with E-state index in [9.17, 15) is 44.8 Å². The van der Waals surface area contributed by atoms with E-state index in [1.54, 1.807) is 0 Å². The first-order valence-electron chi connectivity index (χ1n) is 10.8. The van der Waals surface area contributed by atoms with Crippen LogP contribution in [-0.4, -0.2) is 44.4 Å². The summed E-state index contributed by atoms with van der Waals surface area (Å²) >= 11 is 0. The summed E-state index contributed by atoms with van der Waals surface area (Å²) in [5, 5.41) is 13.5. The number of carbonyl (C=O) groups is 1. The summed E-state index contributed by atoms with van der Waals surface area (Å²) in [5.41, 5.74) is -1.99. The van der Waals surface area contributed by atoms with Crippen molar-refractivity contribution in [2.45, 2.75) is 49.0 Å². The van der Waals surface area contributed by atoms with Crippen LogP contribution in [0, 0.1) is 17.1 Å². The minimum atomic E-state index is -5.02. The molecule has 0 saturated heterocycles. The number of amides is 1. The zero-order chi connectivity index (χ0) is 27.4. The first kappa shape index (κ1) is 28.3. The second-order valence-electron chi connectivity index (χ2n) is 8.47. The van der Waals surface area contributed by atoms with Crippen LogP contribution in [0.2, 0.25) is 0 Å². The SMILES string of the molecule is N#CC1(NC(=O)C(CS(=O)(=O)Cc2ccccc2OC(F)F)NC(c2ccc(F)cc2)C(F)(F)F)CC1. The maximum Gasteiger partial charge on any atom is 0.407 e. The second-order valence-corrected chi connectivity index (χ2v) is 10.6. The van der Waals surface area contributed by atoms with E-state index in [-0.39, 0.29) is 18.4 Å². The van der Waals surface area contributed by atoms with Crippen molar-refractivity contribution in [3.05, 3.63) is 65.5 Å². The normalized spacial score (nSPS) is 16.5. The highest BCUT2D eigenvalue weighted by molar-refractivity contribution is 7.90. The van der Waals surface area contributed by atoms with Crippen LogP contribution in [0.1, 0.15) is 30.0 Å².